The molecule has 1 amide bonds. The van der Waals surface area contributed by atoms with Crippen molar-refractivity contribution in [3.8, 4) is 5.69 Å². The lowest BCUT2D eigenvalue weighted by Gasteiger charge is -2.11. The number of aromatic nitrogens is 2. The highest BCUT2D eigenvalue weighted by atomic mass is 16.1. The van der Waals surface area contributed by atoms with Gasteiger partial charge >= 0.3 is 0 Å². The standard InChI is InChI=1S/C19H17N3O2/c1-14(23)15-6-4-7-16(11-15)19(24)21-12-17-5-2-3-8-18(17)22-10-9-20-13-22/h2-11,13H,12H2,1H3,(H,21,24). The van der Waals surface area contributed by atoms with Crippen LogP contribution in [0.1, 0.15) is 33.2 Å². The Morgan fingerprint density at radius 3 is 2.62 bits per heavy atom. The van der Waals surface area contributed by atoms with Gasteiger partial charge in [-0.05, 0) is 30.7 Å². The summed E-state index contributed by atoms with van der Waals surface area (Å²) in [4.78, 5) is 27.8. The molecule has 0 aliphatic heterocycles. The molecule has 3 rings (SSSR count). The number of benzene rings is 2. The maximum Gasteiger partial charge on any atom is 0.251 e. The predicted molar refractivity (Wildman–Crippen MR) is 91.2 cm³/mol. The minimum atomic E-state index is -0.210. The fourth-order valence-corrected chi connectivity index (χ4v) is 2.47. The lowest BCUT2D eigenvalue weighted by atomic mass is 10.1. The van der Waals surface area contributed by atoms with Gasteiger partial charge in [-0.25, -0.2) is 4.98 Å². The summed E-state index contributed by atoms with van der Waals surface area (Å²) < 4.78 is 1.90. The minimum absolute atomic E-state index is 0.0601. The maximum atomic E-state index is 12.3. The van der Waals surface area contributed by atoms with Gasteiger partial charge in [-0.2, -0.15) is 0 Å². The summed E-state index contributed by atoms with van der Waals surface area (Å²) in [6, 6.07) is 14.5. The number of nitrogens with one attached hydrogen (secondary N) is 1. The number of ketones is 1. The van der Waals surface area contributed by atoms with Gasteiger partial charge in [0.1, 0.15) is 0 Å². The highest BCUT2D eigenvalue weighted by molar-refractivity contribution is 5.99. The topological polar surface area (TPSA) is 64.0 Å². The number of hydrogen-bond acceptors (Lipinski definition) is 3. The molecule has 0 aliphatic carbocycles. The summed E-state index contributed by atoms with van der Waals surface area (Å²) in [7, 11) is 0. The van der Waals surface area contributed by atoms with Crippen LogP contribution in [0.15, 0.2) is 67.3 Å². The van der Waals surface area contributed by atoms with E-state index in [1.807, 2.05) is 35.0 Å². The van der Waals surface area contributed by atoms with E-state index in [9.17, 15) is 9.59 Å². The summed E-state index contributed by atoms with van der Waals surface area (Å²) in [5.74, 6) is -0.270. The zero-order chi connectivity index (χ0) is 16.9. The first kappa shape index (κ1) is 15.7. The number of imidazole rings is 1. The van der Waals surface area contributed by atoms with Gasteiger partial charge < -0.3 is 9.88 Å². The molecule has 0 saturated heterocycles. The Balaban J connectivity index is 1.76. The molecule has 0 spiro atoms. The van der Waals surface area contributed by atoms with E-state index in [4.69, 9.17) is 0 Å². The van der Waals surface area contributed by atoms with Crippen LogP contribution in [0.2, 0.25) is 0 Å². The van der Waals surface area contributed by atoms with Crippen LogP contribution < -0.4 is 5.32 Å². The van der Waals surface area contributed by atoms with Gasteiger partial charge in [-0.15, -0.1) is 0 Å². The summed E-state index contributed by atoms with van der Waals surface area (Å²) in [5, 5.41) is 2.90. The number of carbonyl (C=O) groups excluding carboxylic acids is 2. The molecule has 2 aromatic carbocycles. The summed E-state index contributed by atoms with van der Waals surface area (Å²) in [6.07, 6.45) is 5.29. The number of amides is 1. The third kappa shape index (κ3) is 3.41. The second-order valence-electron chi connectivity index (χ2n) is 5.42. The first-order valence-corrected chi connectivity index (χ1v) is 7.60. The highest BCUT2D eigenvalue weighted by Crippen LogP contribution is 2.14. The van der Waals surface area contributed by atoms with Crippen LogP contribution >= 0.6 is 0 Å². The van der Waals surface area contributed by atoms with Crippen molar-refractivity contribution in [1.29, 1.82) is 0 Å². The predicted octanol–water partition coefficient (Wildman–Crippen LogP) is 3.00. The summed E-state index contributed by atoms with van der Waals surface area (Å²) >= 11 is 0. The number of Topliss-reactive ketones (excluding diaryl/α,β-unsaturated/α-hetero) is 1. The number of carbonyl (C=O) groups is 2. The molecule has 3 aromatic rings. The van der Waals surface area contributed by atoms with E-state index in [1.165, 1.54) is 6.92 Å². The Morgan fingerprint density at radius 2 is 1.88 bits per heavy atom. The van der Waals surface area contributed by atoms with Gasteiger partial charge in [-0.3, -0.25) is 9.59 Å². The van der Waals surface area contributed by atoms with Gasteiger partial charge in [0.25, 0.3) is 5.91 Å². The van der Waals surface area contributed by atoms with Gasteiger partial charge in [0.15, 0.2) is 5.78 Å². The van der Waals surface area contributed by atoms with Crippen molar-refractivity contribution in [1.82, 2.24) is 14.9 Å². The van der Waals surface area contributed by atoms with Crippen molar-refractivity contribution in [2.45, 2.75) is 13.5 Å². The molecule has 0 unspecified atom stereocenters. The molecule has 120 valence electrons. The lowest BCUT2D eigenvalue weighted by Crippen LogP contribution is -2.23. The van der Waals surface area contributed by atoms with Crippen LogP contribution in [0, 0.1) is 0 Å². The van der Waals surface area contributed by atoms with Gasteiger partial charge in [0.05, 0.1) is 12.0 Å². The molecule has 0 atom stereocenters. The van der Waals surface area contributed by atoms with Gasteiger partial charge in [0, 0.05) is 30.1 Å². The molecule has 24 heavy (non-hydrogen) atoms. The number of para-hydroxylation sites is 1. The van der Waals surface area contributed by atoms with Crippen molar-refractivity contribution < 1.29 is 9.59 Å². The second kappa shape index (κ2) is 6.91. The minimum Gasteiger partial charge on any atom is -0.348 e. The van der Waals surface area contributed by atoms with Gasteiger partial charge in [0.2, 0.25) is 0 Å². The molecule has 1 N–H and O–H groups in total. The Hall–Kier alpha value is -3.21. The molecule has 5 heteroatoms. The average molecular weight is 319 g/mol. The Kier molecular flexibility index (Phi) is 4.52. The summed E-state index contributed by atoms with van der Waals surface area (Å²) in [6.45, 7) is 1.87. The third-order valence-electron chi connectivity index (χ3n) is 3.74. The van der Waals surface area contributed by atoms with E-state index in [2.05, 4.69) is 10.3 Å². The smallest absolute Gasteiger partial charge is 0.251 e. The number of hydrogen-bond donors (Lipinski definition) is 1. The maximum absolute atomic E-state index is 12.3. The zero-order valence-corrected chi connectivity index (χ0v) is 13.3. The largest absolute Gasteiger partial charge is 0.348 e. The van der Waals surface area contributed by atoms with E-state index in [-0.39, 0.29) is 11.7 Å². The first-order chi connectivity index (χ1) is 11.6. The van der Waals surface area contributed by atoms with Gasteiger partial charge in [-0.1, -0.05) is 30.3 Å². The molecule has 0 aliphatic rings. The van der Waals surface area contributed by atoms with Crippen molar-refractivity contribution >= 4 is 11.7 Å². The van der Waals surface area contributed by atoms with E-state index >= 15 is 0 Å². The molecule has 1 heterocycles. The van der Waals surface area contributed by atoms with Crippen molar-refractivity contribution in [3.63, 3.8) is 0 Å². The first-order valence-electron chi connectivity index (χ1n) is 7.60. The SMILES string of the molecule is CC(=O)c1cccc(C(=O)NCc2ccccc2-n2ccnc2)c1. The van der Waals surface area contributed by atoms with Crippen LogP contribution in [-0.2, 0) is 6.54 Å². The van der Waals surface area contributed by atoms with Crippen LogP contribution in [0.5, 0.6) is 0 Å². The van der Waals surface area contributed by atoms with E-state index in [1.54, 1.807) is 36.8 Å². The molecule has 0 fully saturated rings. The fraction of sp³-hybridized carbons (Fsp3) is 0.105. The fourth-order valence-electron chi connectivity index (χ4n) is 2.47. The Morgan fingerprint density at radius 1 is 1.08 bits per heavy atom. The van der Waals surface area contributed by atoms with Crippen molar-refractivity contribution in [2.24, 2.45) is 0 Å². The van der Waals surface area contributed by atoms with E-state index in [0.29, 0.717) is 17.7 Å². The molecule has 1 aromatic heterocycles. The quantitative estimate of drug-likeness (QED) is 0.735. The normalized spacial score (nSPS) is 10.4. The van der Waals surface area contributed by atoms with Crippen LogP contribution in [0.4, 0.5) is 0 Å². The van der Waals surface area contributed by atoms with Crippen LogP contribution in [0.25, 0.3) is 5.69 Å². The molecule has 0 radical (unpaired) electrons. The van der Waals surface area contributed by atoms with E-state index < -0.39 is 0 Å². The monoisotopic (exact) mass is 319 g/mol. The Labute approximate surface area is 140 Å². The molecule has 5 nitrogen and oxygen atoms in total. The molecular weight excluding hydrogens is 302 g/mol. The zero-order valence-electron chi connectivity index (χ0n) is 13.3. The second-order valence-corrected chi connectivity index (χ2v) is 5.42. The number of rotatable bonds is 5. The molecule has 0 saturated carbocycles. The Bertz CT molecular complexity index is 870. The van der Waals surface area contributed by atoms with Crippen LogP contribution in [-0.4, -0.2) is 21.2 Å². The highest BCUT2D eigenvalue weighted by Gasteiger charge is 2.09. The molecule has 0 bridgehead atoms. The summed E-state index contributed by atoms with van der Waals surface area (Å²) in [5.41, 5.74) is 2.95. The third-order valence-corrected chi connectivity index (χ3v) is 3.74. The number of nitrogens with zero attached hydrogens (tertiary/aromatic N) is 2. The van der Waals surface area contributed by atoms with Crippen LogP contribution in [0.3, 0.4) is 0 Å². The lowest BCUT2D eigenvalue weighted by molar-refractivity contribution is 0.0951. The molecular formula is C19H17N3O2. The van der Waals surface area contributed by atoms with Crippen molar-refractivity contribution in [2.75, 3.05) is 0 Å². The average Bonchev–Trinajstić information content (AvgIpc) is 3.14. The van der Waals surface area contributed by atoms with E-state index in [0.717, 1.165) is 11.3 Å². The van der Waals surface area contributed by atoms with Crippen molar-refractivity contribution in [3.05, 3.63) is 83.9 Å².